The molecular formula is C22H25N3O2S. The number of carbonyl (C=O) groups is 1. The Morgan fingerprint density at radius 3 is 2.32 bits per heavy atom. The average Bonchev–Trinajstić information content (AvgIpc) is 3.04. The lowest BCUT2D eigenvalue weighted by Crippen LogP contribution is -2.16. The summed E-state index contributed by atoms with van der Waals surface area (Å²) in [6.45, 7) is 8.01. The van der Waals surface area contributed by atoms with Crippen molar-refractivity contribution in [2.24, 2.45) is 7.05 Å². The van der Waals surface area contributed by atoms with E-state index in [0.717, 1.165) is 33.8 Å². The summed E-state index contributed by atoms with van der Waals surface area (Å²) in [5.41, 5.74) is 5.07. The Bertz CT molecular complexity index is 1010. The average molecular weight is 396 g/mol. The molecule has 5 nitrogen and oxygen atoms in total. The van der Waals surface area contributed by atoms with E-state index in [2.05, 4.69) is 23.2 Å². The van der Waals surface area contributed by atoms with Crippen molar-refractivity contribution in [2.45, 2.75) is 38.1 Å². The Morgan fingerprint density at radius 1 is 1.04 bits per heavy atom. The second-order valence-electron chi connectivity index (χ2n) is 6.97. The molecule has 1 aromatic heterocycles. The van der Waals surface area contributed by atoms with Gasteiger partial charge in [-0.05, 0) is 74.7 Å². The smallest absolute Gasteiger partial charge is 0.191 e. The Balaban J connectivity index is 1.81. The zero-order chi connectivity index (χ0) is 20.4. The first kappa shape index (κ1) is 20.1. The number of hydrogen-bond donors (Lipinski definition) is 0. The molecule has 0 bridgehead atoms. The van der Waals surface area contributed by atoms with Crippen molar-refractivity contribution in [3.63, 3.8) is 0 Å². The molecule has 0 aliphatic carbocycles. The molecule has 28 heavy (non-hydrogen) atoms. The lowest BCUT2D eigenvalue weighted by molar-refractivity contribution is 0.0993. The molecule has 0 saturated carbocycles. The molecular weight excluding hydrogens is 370 g/mol. The van der Waals surface area contributed by atoms with E-state index < -0.39 is 0 Å². The molecule has 0 amide bonds. The van der Waals surface area contributed by atoms with Gasteiger partial charge >= 0.3 is 0 Å². The van der Waals surface area contributed by atoms with Crippen LogP contribution in [0, 0.1) is 20.8 Å². The molecule has 3 rings (SSSR count). The van der Waals surface area contributed by atoms with Crippen molar-refractivity contribution >= 4 is 17.5 Å². The van der Waals surface area contributed by atoms with Crippen LogP contribution in [-0.2, 0) is 7.05 Å². The summed E-state index contributed by atoms with van der Waals surface area (Å²) in [5.74, 6) is 1.66. The van der Waals surface area contributed by atoms with E-state index in [1.165, 1.54) is 17.3 Å². The van der Waals surface area contributed by atoms with Gasteiger partial charge in [0.2, 0.25) is 0 Å². The van der Waals surface area contributed by atoms with Crippen LogP contribution >= 0.6 is 11.8 Å². The lowest BCUT2D eigenvalue weighted by atomic mass is 9.97. The summed E-state index contributed by atoms with van der Waals surface area (Å²) in [6.07, 6.45) is 0. The molecule has 3 aromatic rings. The van der Waals surface area contributed by atoms with Crippen LogP contribution in [0.1, 0.15) is 34.0 Å². The highest BCUT2D eigenvalue weighted by molar-refractivity contribution is 8.00. The molecule has 0 spiro atoms. The van der Waals surface area contributed by atoms with Crippen LogP contribution < -0.4 is 4.74 Å². The molecule has 6 heteroatoms. The van der Waals surface area contributed by atoms with E-state index in [9.17, 15) is 4.79 Å². The van der Waals surface area contributed by atoms with Crippen molar-refractivity contribution in [1.82, 2.24) is 14.8 Å². The monoisotopic (exact) mass is 395 g/mol. The van der Waals surface area contributed by atoms with Crippen LogP contribution in [0.4, 0.5) is 0 Å². The summed E-state index contributed by atoms with van der Waals surface area (Å²) < 4.78 is 7.12. The minimum absolute atomic E-state index is 0.111. The van der Waals surface area contributed by atoms with Crippen molar-refractivity contribution in [2.75, 3.05) is 7.11 Å². The molecule has 1 heterocycles. The van der Waals surface area contributed by atoms with Crippen LogP contribution in [0.3, 0.4) is 0 Å². The van der Waals surface area contributed by atoms with E-state index in [1.807, 2.05) is 62.7 Å². The number of rotatable bonds is 6. The highest BCUT2D eigenvalue weighted by Crippen LogP contribution is 2.29. The highest BCUT2D eigenvalue weighted by Gasteiger charge is 2.22. The predicted molar refractivity (Wildman–Crippen MR) is 113 cm³/mol. The topological polar surface area (TPSA) is 57.0 Å². The largest absolute Gasteiger partial charge is 0.497 e. The van der Waals surface area contributed by atoms with Gasteiger partial charge in [0.05, 0.1) is 12.4 Å². The number of ether oxygens (including phenoxy) is 1. The maximum atomic E-state index is 13.0. The van der Waals surface area contributed by atoms with E-state index in [4.69, 9.17) is 4.74 Å². The molecule has 1 atom stereocenters. The Labute approximate surface area is 170 Å². The van der Waals surface area contributed by atoms with Gasteiger partial charge in [-0.15, -0.1) is 10.2 Å². The number of nitrogens with zero attached hydrogens (tertiary/aromatic N) is 3. The first-order valence-electron chi connectivity index (χ1n) is 9.14. The number of carbonyl (C=O) groups excluding carboxylic acids is 1. The second kappa shape index (κ2) is 8.19. The van der Waals surface area contributed by atoms with Gasteiger partial charge in [0.15, 0.2) is 16.8 Å². The van der Waals surface area contributed by atoms with Gasteiger partial charge in [-0.2, -0.15) is 0 Å². The minimum atomic E-state index is -0.257. The summed E-state index contributed by atoms with van der Waals surface area (Å²) >= 11 is 1.43. The quantitative estimate of drug-likeness (QED) is 0.444. The van der Waals surface area contributed by atoms with Gasteiger partial charge in [-0.3, -0.25) is 4.79 Å². The highest BCUT2D eigenvalue weighted by atomic mass is 32.2. The third-order valence-electron chi connectivity index (χ3n) is 4.94. The first-order valence-corrected chi connectivity index (χ1v) is 10.0. The maximum absolute atomic E-state index is 13.0. The SMILES string of the molecule is COc1ccc(-c2nnc(S[C@H](C)C(=O)c3cc(C)c(C)cc3C)n2C)cc1. The second-order valence-corrected chi connectivity index (χ2v) is 8.28. The van der Waals surface area contributed by atoms with Gasteiger partial charge in [0.1, 0.15) is 5.75 Å². The van der Waals surface area contributed by atoms with Gasteiger partial charge in [0, 0.05) is 18.2 Å². The van der Waals surface area contributed by atoms with Crippen LogP contribution in [-0.4, -0.2) is 32.9 Å². The fourth-order valence-corrected chi connectivity index (χ4v) is 3.95. The Kier molecular flexibility index (Phi) is 5.89. The Hall–Kier alpha value is -2.60. The van der Waals surface area contributed by atoms with Gasteiger partial charge < -0.3 is 9.30 Å². The number of aryl methyl sites for hydroxylation is 3. The van der Waals surface area contributed by atoms with Crippen LogP contribution in [0.15, 0.2) is 41.6 Å². The molecule has 0 aliphatic heterocycles. The van der Waals surface area contributed by atoms with Crippen molar-refractivity contribution in [1.29, 1.82) is 0 Å². The van der Waals surface area contributed by atoms with Crippen molar-refractivity contribution in [3.05, 3.63) is 58.7 Å². The molecule has 0 fully saturated rings. The lowest BCUT2D eigenvalue weighted by Gasteiger charge is -2.14. The minimum Gasteiger partial charge on any atom is -0.497 e. The summed E-state index contributed by atoms with van der Waals surface area (Å²) in [5, 5.41) is 9.07. The molecule has 0 aliphatic rings. The van der Waals surface area contributed by atoms with Crippen molar-refractivity contribution < 1.29 is 9.53 Å². The van der Waals surface area contributed by atoms with Gasteiger partial charge in [0.25, 0.3) is 0 Å². The van der Waals surface area contributed by atoms with Gasteiger partial charge in [-0.1, -0.05) is 17.8 Å². The van der Waals surface area contributed by atoms with E-state index in [0.29, 0.717) is 5.16 Å². The number of thioether (sulfide) groups is 1. The molecule has 0 N–H and O–H groups in total. The number of benzene rings is 2. The van der Waals surface area contributed by atoms with Gasteiger partial charge in [-0.25, -0.2) is 0 Å². The molecule has 0 saturated heterocycles. The molecule has 146 valence electrons. The number of Topliss-reactive ketones (excluding diaryl/α,β-unsaturated/α-hetero) is 1. The van der Waals surface area contributed by atoms with Crippen LogP contribution in [0.5, 0.6) is 5.75 Å². The maximum Gasteiger partial charge on any atom is 0.191 e. The fraction of sp³-hybridized carbons (Fsp3) is 0.318. The first-order chi connectivity index (χ1) is 13.3. The predicted octanol–water partition coefficient (Wildman–Crippen LogP) is 4.78. The zero-order valence-corrected chi connectivity index (χ0v) is 17.9. The van der Waals surface area contributed by atoms with Crippen LogP contribution in [0.2, 0.25) is 0 Å². The standard InChI is InChI=1S/C22H25N3O2S/c1-13-11-15(3)19(12-14(13)2)20(26)16(4)28-22-24-23-21(25(22)5)17-7-9-18(27-6)10-8-17/h7-12,16H,1-6H3/t16-/m1/s1. The number of methoxy groups -OCH3 is 1. The van der Waals surface area contributed by atoms with E-state index in [-0.39, 0.29) is 11.0 Å². The Morgan fingerprint density at radius 2 is 1.68 bits per heavy atom. The molecule has 0 radical (unpaired) electrons. The summed E-state index contributed by atoms with van der Waals surface area (Å²) in [7, 11) is 3.56. The molecule has 0 unspecified atom stereocenters. The third-order valence-corrected chi connectivity index (χ3v) is 6.07. The summed E-state index contributed by atoms with van der Waals surface area (Å²) in [6, 6.07) is 11.7. The summed E-state index contributed by atoms with van der Waals surface area (Å²) in [4.78, 5) is 13.0. The molecule has 2 aromatic carbocycles. The van der Waals surface area contributed by atoms with E-state index >= 15 is 0 Å². The third kappa shape index (κ3) is 3.97. The number of aromatic nitrogens is 3. The fourth-order valence-electron chi connectivity index (χ4n) is 3.07. The number of hydrogen-bond acceptors (Lipinski definition) is 5. The zero-order valence-electron chi connectivity index (χ0n) is 17.1. The van der Waals surface area contributed by atoms with E-state index in [1.54, 1.807) is 7.11 Å². The normalized spacial score (nSPS) is 12.1. The van der Waals surface area contributed by atoms with Crippen LogP contribution in [0.25, 0.3) is 11.4 Å². The number of ketones is 1. The van der Waals surface area contributed by atoms with Crippen molar-refractivity contribution in [3.8, 4) is 17.1 Å².